The summed E-state index contributed by atoms with van der Waals surface area (Å²) >= 11 is 2.07. The molecular weight excluding hydrogens is 395 g/mol. The summed E-state index contributed by atoms with van der Waals surface area (Å²) < 4.78 is 25.0. The summed E-state index contributed by atoms with van der Waals surface area (Å²) in [6, 6.07) is 4.83. The molecule has 0 spiro atoms. The average Bonchev–Trinajstić information content (AvgIpc) is 2.40. The Morgan fingerprint density at radius 1 is 1.25 bits per heavy atom. The summed E-state index contributed by atoms with van der Waals surface area (Å²) in [5.74, 6) is -0.324. The Hall–Kier alpha value is -0.870. The first-order valence-electron chi connectivity index (χ1n) is 6.02. The van der Waals surface area contributed by atoms with E-state index in [-0.39, 0.29) is 30.3 Å². The SMILES string of the molecule is CS(=O)(=O)N1CCN(C(=O)c2cc(I)ccc2O)CC1. The number of hydrogen-bond acceptors (Lipinski definition) is 4. The molecule has 0 bridgehead atoms. The summed E-state index contributed by atoms with van der Waals surface area (Å²) in [4.78, 5) is 13.9. The fourth-order valence-electron chi connectivity index (χ4n) is 2.07. The Morgan fingerprint density at radius 3 is 2.40 bits per heavy atom. The molecule has 0 aromatic heterocycles. The lowest BCUT2D eigenvalue weighted by Gasteiger charge is -2.33. The van der Waals surface area contributed by atoms with Gasteiger partial charge in [0, 0.05) is 29.7 Å². The van der Waals surface area contributed by atoms with Crippen molar-refractivity contribution in [2.45, 2.75) is 0 Å². The van der Waals surface area contributed by atoms with Crippen LogP contribution >= 0.6 is 22.6 Å². The Bertz CT molecular complexity index is 624. The lowest BCUT2D eigenvalue weighted by atomic mass is 10.1. The molecule has 20 heavy (non-hydrogen) atoms. The van der Waals surface area contributed by atoms with E-state index in [9.17, 15) is 18.3 Å². The molecule has 110 valence electrons. The fraction of sp³-hybridized carbons (Fsp3) is 0.417. The van der Waals surface area contributed by atoms with Crippen LogP contribution in [0.15, 0.2) is 18.2 Å². The molecular formula is C12H15IN2O4S. The monoisotopic (exact) mass is 410 g/mol. The number of carbonyl (C=O) groups excluding carboxylic acids is 1. The van der Waals surface area contributed by atoms with Gasteiger partial charge in [-0.25, -0.2) is 8.42 Å². The molecule has 1 aliphatic rings. The molecule has 1 saturated heterocycles. The number of hydrogen-bond donors (Lipinski definition) is 1. The molecule has 0 saturated carbocycles. The van der Waals surface area contributed by atoms with Crippen LogP contribution in [0.4, 0.5) is 0 Å². The molecule has 0 aliphatic carbocycles. The van der Waals surface area contributed by atoms with Gasteiger partial charge in [-0.15, -0.1) is 0 Å². The number of piperazine rings is 1. The molecule has 1 aromatic rings. The highest BCUT2D eigenvalue weighted by atomic mass is 127. The molecule has 6 nitrogen and oxygen atoms in total. The number of aromatic hydroxyl groups is 1. The highest BCUT2D eigenvalue weighted by Gasteiger charge is 2.27. The van der Waals surface area contributed by atoms with Crippen LogP contribution in [0.25, 0.3) is 0 Å². The third-order valence-electron chi connectivity index (χ3n) is 3.18. The van der Waals surface area contributed by atoms with Crippen molar-refractivity contribution in [1.82, 2.24) is 9.21 Å². The first kappa shape index (κ1) is 15.5. The van der Waals surface area contributed by atoms with Crippen LogP contribution in [-0.4, -0.2) is 61.1 Å². The van der Waals surface area contributed by atoms with E-state index in [1.54, 1.807) is 17.0 Å². The fourth-order valence-corrected chi connectivity index (χ4v) is 3.39. The van der Waals surface area contributed by atoms with Crippen molar-refractivity contribution in [2.75, 3.05) is 32.4 Å². The van der Waals surface area contributed by atoms with E-state index < -0.39 is 10.0 Å². The predicted octanol–water partition coefficient (Wildman–Crippen LogP) is 0.714. The molecule has 1 heterocycles. The van der Waals surface area contributed by atoms with Gasteiger partial charge in [-0.2, -0.15) is 4.31 Å². The lowest BCUT2D eigenvalue weighted by molar-refractivity contribution is 0.0695. The van der Waals surface area contributed by atoms with E-state index in [0.717, 1.165) is 9.83 Å². The lowest BCUT2D eigenvalue weighted by Crippen LogP contribution is -2.50. The van der Waals surface area contributed by atoms with Crippen molar-refractivity contribution in [3.8, 4) is 5.75 Å². The Balaban J connectivity index is 2.11. The summed E-state index contributed by atoms with van der Waals surface area (Å²) in [7, 11) is -3.21. The van der Waals surface area contributed by atoms with Gasteiger partial charge < -0.3 is 10.0 Å². The molecule has 0 unspecified atom stereocenters. The number of rotatable bonds is 2. The molecule has 0 radical (unpaired) electrons. The minimum atomic E-state index is -3.21. The largest absolute Gasteiger partial charge is 0.507 e. The third kappa shape index (κ3) is 3.41. The Kier molecular flexibility index (Phi) is 4.55. The number of benzene rings is 1. The Morgan fingerprint density at radius 2 is 1.85 bits per heavy atom. The quantitative estimate of drug-likeness (QED) is 0.729. The minimum absolute atomic E-state index is 0.0547. The number of amides is 1. The Labute approximate surface area is 131 Å². The molecule has 8 heteroatoms. The number of halogens is 1. The van der Waals surface area contributed by atoms with Crippen molar-refractivity contribution in [2.24, 2.45) is 0 Å². The number of phenolic OH excluding ortho intramolecular Hbond substituents is 1. The van der Waals surface area contributed by atoms with Crippen molar-refractivity contribution >= 4 is 38.5 Å². The zero-order valence-corrected chi connectivity index (χ0v) is 13.9. The van der Waals surface area contributed by atoms with Crippen LogP contribution in [-0.2, 0) is 10.0 Å². The van der Waals surface area contributed by atoms with Crippen LogP contribution in [0.2, 0.25) is 0 Å². The van der Waals surface area contributed by atoms with E-state index in [2.05, 4.69) is 22.6 Å². The third-order valence-corrected chi connectivity index (χ3v) is 5.16. The summed E-state index contributed by atoms with van der Waals surface area (Å²) in [6.07, 6.45) is 1.16. The molecule has 1 amide bonds. The number of nitrogens with zero attached hydrogens (tertiary/aromatic N) is 2. The number of sulfonamides is 1. The second-order valence-corrected chi connectivity index (χ2v) is 7.84. The normalized spacial score (nSPS) is 17.2. The number of carbonyl (C=O) groups is 1. The number of phenols is 1. The van der Waals surface area contributed by atoms with Crippen LogP contribution < -0.4 is 0 Å². The van der Waals surface area contributed by atoms with Gasteiger partial charge >= 0.3 is 0 Å². The molecule has 1 aromatic carbocycles. The zero-order chi connectivity index (χ0) is 14.9. The highest BCUT2D eigenvalue weighted by Crippen LogP contribution is 2.22. The maximum atomic E-state index is 12.3. The van der Waals surface area contributed by atoms with E-state index in [0.29, 0.717) is 13.1 Å². The van der Waals surface area contributed by atoms with Gasteiger partial charge in [0.1, 0.15) is 5.75 Å². The van der Waals surface area contributed by atoms with E-state index in [1.165, 1.54) is 10.4 Å². The van der Waals surface area contributed by atoms with Crippen LogP contribution in [0.1, 0.15) is 10.4 Å². The molecule has 2 rings (SSSR count). The average molecular weight is 410 g/mol. The molecule has 1 aliphatic heterocycles. The van der Waals surface area contributed by atoms with Gasteiger partial charge in [-0.1, -0.05) is 0 Å². The topological polar surface area (TPSA) is 77.9 Å². The molecule has 1 fully saturated rings. The van der Waals surface area contributed by atoms with Crippen molar-refractivity contribution in [3.63, 3.8) is 0 Å². The maximum Gasteiger partial charge on any atom is 0.257 e. The molecule has 1 N–H and O–H groups in total. The van der Waals surface area contributed by atoms with Crippen molar-refractivity contribution in [3.05, 3.63) is 27.3 Å². The van der Waals surface area contributed by atoms with Gasteiger partial charge in [0.15, 0.2) is 0 Å². The zero-order valence-electron chi connectivity index (χ0n) is 10.9. The smallest absolute Gasteiger partial charge is 0.257 e. The van der Waals surface area contributed by atoms with Gasteiger partial charge in [-0.3, -0.25) is 4.79 Å². The van der Waals surface area contributed by atoms with E-state index in [1.807, 2.05) is 0 Å². The second-order valence-electron chi connectivity index (χ2n) is 4.62. The van der Waals surface area contributed by atoms with Crippen LogP contribution in [0, 0.1) is 3.57 Å². The van der Waals surface area contributed by atoms with E-state index in [4.69, 9.17) is 0 Å². The molecule has 0 atom stereocenters. The first-order valence-corrected chi connectivity index (χ1v) is 8.94. The second kappa shape index (κ2) is 5.86. The predicted molar refractivity (Wildman–Crippen MR) is 83.1 cm³/mol. The van der Waals surface area contributed by atoms with Gasteiger partial charge in [0.2, 0.25) is 10.0 Å². The summed E-state index contributed by atoms with van der Waals surface area (Å²) in [6.45, 7) is 1.23. The summed E-state index contributed by atoms with van der Waals surface area (Å²) in [5.41, 5.74) is 0.254. The van der Waals surface area contributed by atoms with Crippen molar-refractivity contribution in [1.29, 1.82) is 0 Å². The van der Waals surface area contributed by atoms with Gasteiger partial charge in [0.05, 0.1) is 11.8 Å². The van der Waals surface area contributed by atoms with Crippen LogP contribution in [0.5, 0.6) is 5.75 Å². The minimum Gasteiger partial charge on any atom is -0.507 e. The van der Waals surface area contributed by atoms with Gasteiger partial charge in [0.25, 0.3) is 5.91 Å². The van der Waals surface area contributed by atoms with Crippen molar-refractivity contribution < 1.29 is 18.3 Å². The summed E-state index contributed by atoms with van der Waals surface area (Å²) in [5, 5.41) is 9.76. The first-order chi connectivity index (χ1) is 9.29. The maximum absolute atomic E-state index is 12.3. The standard InChI is InChI=1S/C12H15IN2O4S/c1-20(18,19)15-6-4-14(5-7-15)12(17)10-8-9(13)2-3-11(10)16/h2-3,8,16H,4-7H2,1H3. The highest BCUT2D eigenvalue weighted by molar-refractivity contribution is 14.1. The van der Waals surface area contributed by atoms with E-state index >= 15 is 0 Å². The van der Waals surface area contributed by atoms with Gasteiger partial charge in [-0.05, 0) is 40.8 Å². The van der Waals surface area contributed by atoms with Crippen LogP contribution in [0.3, 0.4) is 0 Å².